The first kappa shape index (κ1) is 15.0. The molecule has 0 saturated carbocycles. The van der Waals surface area contributed by atoms with Crippen molar-refractivity contribution in [2.45, 2.75) is 6.54 Å². The van der Waals surface area contributed by atoms with Gasteiger partial charge in [0.1, 0.15) is 11.6 Å². The summed E-state index contributed by atoms with van der Waals surface area (Å²) in [4.78, 5) is 38.2. The minimum Gasteiger partial charge on any atom is -0.343 e. The molecule has 4 aromatic rings. The molecule has 3 N–H and O–H groups in total. The van der Waals surface area contributed by atoms with Crippen molar-refractivity contribution in [2.24, 2.45) is 0 Å². The minimum absolute atomic E-state index is 0.0586. The fourth-order valence-corrected chi connectivity index (χ4v) is 2.55. The fraction of sp³-hybridized carbons (Fsp3) is 0.0588. The number of benzene rings is 2. The molecule has 7 nitrogen and oxygen atoms in total. The average Bonchev–Trinajstić information content (AvgIpc) is 3.01. The van der Waals surface area contributed by atoms with Crippen molar-refractivity contribution in [3.63, 3.8) is 0 Å². The Kier molecular flexibility index (Phi) is 3.50. The highest BCUT2D eigenvalue weighted by Gasteiger charge is 2.14. The van der Waals surface area contributed by atoms with Gasteiger partial charge in [-0.2, -0.15) is 0 Å². The molecule has 0 aliphatic heterocycles. The Bertz CT molecular complexity index is 1160. The van der Waals surface area contributed by atoms with Gasteiger partial charge in [0.05, 0.1) is 28.6 Å². The van der Waals surface area contributed by atoms with Gasteiger partial charge in [-0.05, 0) is 30.3 Å². The number of halogens is 1. The summed E-state index contributed by atoms with van der Waals surface area (Å²) >= 11 is 0. The maximum Gasteiger partial charge on any atom is 0.280 e. The van der Waals surface area contributed by atoms with Crippen LogP contribution in [0.25, 0.3) is 22.1 Å². The van der Waals surface area contributed by atoms with Gasteiger partial charge in [-0.15, -0.1) is 0 Å². The maximum atomic E-state index is 13.2. The lowest BCUT2D eigenvalue weighted by molar-refractivity contribution is 0.0943. The monoisotopic (exact) mass is 337 g/mol. The molecule has 0 atom stereocenters. The SMILES string of the molecule is O=C(NCc1nc2ccc(F)cc2[nH]1)c1nc2ccccc2[nH]c1=O. The predicted octanol–water partition coefficient (Wildman–Crippen LogP) is 1.87. The van der Waals surface area contributed by atoms with E-state index in [9.17, 15) is 14.0 Å². The predicted molar refractivity (Wildman–Crippen MR) is 89.6 cm³/mol. The molecule has 0 aliphatic rings. The third kappa shape index (κ3) is 2.85. The van der Waals surface area contributed by atoms with Crippen molar-refractivity contribution in [1.29, 1.82) is 0 Å². The van der Waals surface area contributed by atoms with Crippen LogP contribution in [0.2, 0.25) is 0 Å². The van der Waals surface area contributed by atoms with E-state index in [-0.39, 0.29) is 18.1 Å². The van der Waals surface area contributed by atoms with Crippen LogP contribution in [0.3, 0.4) is 0 Å². The Morgan fingerprint density at radius 1 is 1.04 bits per heavy atom. The number of aromatic amines is 2. The Hall–Kier alpha value is -3.55. The van der Waals surface area contributed by atoms with Crippen LogP contribution in [0, 0.1) is 5.82 Å². The zero-order chi connectivity index (χ0) is 17.4. The summed E-state index contributed by atoms with van der Waals surface area (Å²) in [7, 11) is 0. The molecule has 0 bridgehead atoms. The second-order valence-electron chi connectivity index (χ2n) is 5.46. The van der Waals surface area contributed by atoms with Gasteiger partial charge in [0, 0.05) is 0 Å². The number of para-hydroxylation sites is 2. The van der Waals surface area contributed by atoms with Crippen LogP contribution < -0.4 is 10.9 Å². The van der Waals surface area contributed by atoms with Crippen LogP contribution in [0.4, 0.5) is 4.39 Å². The zero-order valence-electron chi connectivity index (χ0n) is 12.8. The van der Waals surface area contributed by atoms with E-state index in [1.165, 1.54) is 12.1 Å². The maximum absolute atomic E-state index is 13.2. The second kappa shape index (κ2) is 5.82. The summed E-state index contributed by atoms with van der Waals surface area (Å²) in [6.07, 6.45) is 0. The molecule has 0 unspecified atom stereocenters. The lowest BCUT2D eigenvalue weighted by atomic mass is 10.3. The average molecular weight is 337 g/mol. The molecule has 1 amide bonds. The van der Waals surface area contributed by atoms with Gasteiger partial charge in [-0.25, -0.2) is 14.4 Å². The molecule has 0 aliphatic carbocycles. The Morgan fingerprint density at radius 2 is 1.84 bits per heavy atom. The Labute approximate surface area is 139 Å². The molecule has 4 rings (SSSR count). The first-order chi connectivity index (χ1) is 12.1. The summed E-state index contributed by atoms with van der Waals surface area (Å²) in [6, 6.07) is 11.1. The van der Waals surface area contributed by atoms with E-state index in [2.05, 4.69) is 25.3 Å². The van der Waals surface area contributed by atoms with E-state index in [0.29, 0.717) is 27.9 Å². The lowest BCUT2D eigenvalue weighted by Gasteiger charge is -2.03. The van der Waals surface area contributed by atoms with E-state index >= 15 is 0 Å². The highest BCUT2D eigenvalue weighted by molar-refractivity contribution is 5.93. The fourth-order valence-electron chi connectivity index (χ4n) is 2.55. The van der Waals surface area contributed by atoms with Gasteiger partial charge in [-0.1, -0.05) is 12.1 Å². The van der Waals surface area contributed by atoms with Crippen molar-refractivity contribution >= 4 is 28.0 Å². The van der Waals surface area contributed by atoms with Crippen molar-refractivity contribution in [1.82, 2.24) is 25.3 Å². The number of nitrogens with zero attached hydrogens (tertiary/aromatic N) is 2. The summed E-state index contributed by atoms with van der Waals surface area (Å²) in [6.45, 7) is 0.0586. The summed E-state index contributed by atoms with van der Waals surface area (Å²) < 4.78 is 13.2. The third-order valence-electron chi connectivity index (χ3n) is 3.72. The quantitative estimate of drug-likeness (QED) is 0.531. The summed E-state index contributed by atoms with van der Waals surface area (Å²) in [5, 5.41) is 2.59. The van der Waals surface area contributed by atoms with Gasteiger partial charge in [0.25, 0.3) is 11.5 Å². The summed E-state index contributed by atoms with van der Waals surface area (Å²) in [5.41, 5.74) is 1.41. The summed E-state index contributed by atoms with van der Waals surface area (Å²) in [5.74, 6) is -0.538. The van der Waals surface area contributed by atoms with Gasteiger partial charge < -0.3 is 15.3 Å². The third-order valence-corrected chi connectivity index (χ3v) is 3.72. The normalized spacial score (nSPS) is 11.1. The van der Waals surface area contributed by atoms with Crippen LogP contribution in [-0.4, -0.2) is 25.8 Å². The number of amides is 1. The van der Waals surface area contributed by atoms with Crippen molar-refractivity contribution in [3.8, 4) is 0 Å². The van der Waals surface area contributed by atoms with Crippen molar-refractivity contribution < 1.29 is 9.18 Å². The molecule has 2 heterocycles. The first-order valence-corrected chi connectivity index (χ1v) is 7.51. The van der Waals surface area contributed by atoms with E-state index in [1.807, 2.05) is 0 Å². The van der Waals surface area contributed by atoms with Gasteiger partial charge >= 0.3 is 0 Å². The van der Waals surface area contributed by atoms with Crippen molar-refractivity contribution in [2.75, 3.05) is 0 Å². The molecule has 25 heavy (non-hydrogen) atoms. The molecular weight excluding hydrogens is 325 g/mol. The number of hydrogen-bond acceptors (Lipinski definition) is 4. The zero-order valence-corrected chi connectivity index (χ0v) is 12.8. The van der Waals surface area contributed by atoms with Gasteiger partial charge in [-0.3, -0.25) is 9.59 Å². The topological polar surface area (TPSA) is 104 Å². The van der Waals surface area contributed by atoms with Crippen LogP contribution >= 0.6 is 0 Å². The number of imidazole rings is 1. The number of carbonyl (C=O) groups excluding carboxylic acids is 1. The van der Waals surface area contributed by atoms with Gasteiger partial charge in [0.2, 0.25) is 0 Å². The molecule has 0 spiro atoms. The van der Waals surface area contributed by atoms with Gasteiger partial charge in [0.15, 0.2) is 5.69 Å². The highest BCUT2D eigenvalue weighted by atomic mass is 19.1. The molecule has 0 fully saturated rings. The van der Waals surface area contributed by atoms with Crippen LogP contribution in [0.1, 0.15) is 16.3 Å². The van der Waals surface area contributed by atoms with Crippen LogP contribution in [0.5, 0.6) is 0 Å². The molecular formula is C17H12FN5O2. The first-order valence-electron chi connectivity index (χ1n) is 7.51. The lowest BCUT2D eigenvalue weighted by Crippen LogP contribution is -2.31. The van der Waals surface area contributed by atoms with E-state index in [1.54, 1.807) is 30.3 Å². The molecule has 2 aromatic carbocycles. The number of carbonyl (C=O) groups is 1. The van der Waals surface area contributed by atoms with E-state index in [4.69, 9.17) is 0 Å². The molecule has 124 valence electrons. The van der Waals surface area contributed by atoms with E-state index < -0.39 is 11.5 Å². The van der Waals surface area contributed by atoms with Crippen LogP contribution in [-0.2, 0) is 6.54 Å². The van der Waals surface area contributed by atoms with E-state index in [0.717, 1.165) is 0 Å². The standard InChI is InChI=1S/C17H12FN5O2/c18-9-5-6-12-13(7-9)21-14(20-12)8-19-16(24)15-17(25)23-11-4-2-1-3-10(11)22-15/h1-7H,8H2,(H,19,24)(H,20,21)(H,23,25). The number of nitrogens with one attached hydrogen (secondary N) is 3. The van der Waals surface area contributed by atoms with Crippen molar-refractivity contribution in [3.05, 3.63) is 70.2 Å². The number of aromatic nitrogens is 4. The second-order valence-corrected chi connectivity index (χ2v) is 5.46. The number of H-pyrrole nitrogens is 2. The molecule has 0 saturated heterocycles. The largest absolute Gasteiger partial charge is 0.343 e. The number of fused-ring (bicyclic) bond motifs is 2. The number of hydrogen-bond donors (Lipinski definition) is 3. The van der Waals surface area contributed by atoms with Crippen LogP contribution in [0.15, 0.2) is 47.3 Å². The Balaban J connectivity index is 1.57. The molecule has 0 radical (unpaired) electrons. The Morgan fingerprint density at radius 3 is 2.72 bits per heavy atom. The highest BCUT2D eigenvalue weighted by Crippen LogP contribution is 2.13. The smallest absolute Gasteiger partial charge is 0.280 e. The molecule has 2 aromatic heterocycles. The number of rotatable bonds is 3. The minimum atomic E-state index is -0.612. The molecule has 8 heteroatoms.